The van der Waals surface area contributed by atoms with Crippen LogP contribution >= 0.6 is 11.3 Å². The Hall–Kier alpha value is -2.14. The number of hydrogen-bond acceptors (Lipinski definition) is 4. The molecule has 23 heavy (non-hydrogen) atoms. The van der Waals surface area contributed by atoms with Gasteiger partial charge in [-0.1, -0.05) is 24.0 Å². The second-order valence-electron chi connectivity index (χ2n) is 4.62. The molecule has 1 heterocycles. The predicted octanol–water partition coefficient (Wildman–Crippen LogP) is 1.75. The Morgan fingerprint density at radius 2 is 1.96 bits per heavy atom. The molecule has 1 aromatic carbocycles. The Morgan fingerprint density at radius 3 is 2.61 bits per heavy atom. The topological polar surface area (TPSA) is 75.3 Å². The number of hydrogen-bond donors (Lipinski definition) is 2. The van der Waals surface area contributed by atoms with Crippen LogP contribution in [0, 0.1) is 18.8 Å². The van der Waals surface area contributed by atoms with Crippen molar-refractivity contribution in [2.75, 3.05) is 13.6 Å². The Balaban J connectivity index is 2.09. The van der Waals surface area contributed by atoms with Gasteiger partial charge in [0.15, 0.2) is 0 Å². The molecular formula is C16H16N2O3S2. The largest absolute Gasteiger partial charge is 0.355 e. The maximum absolute atomic E-state index is 12.0. The number of carbonyl (C=O) groups is 1. The minimum absolute atomic E-state index is 0.0264. The molecule has 0 unspecified atom stereocenters. The van der Waals surface area contributed by atoms with Gasteiger partial charge in [-0.15, -0.1) is 11.3 Å². The number of benzene rings is 1. The molecule has 0 aliphatic heterocycles. The minimum atomic E-state index is -3.54. The highest BCUT2D eigenvalue weighted by Crippen LogP contribution is 2.19. The fraction of sp³-hybridized carbons (Fsp3) is 0.188. The van der Waals surface area contributed by atoms with Gasteiger partial charge in [-0.2, -0.15) is 4.72 Å². The van der Waals surface area contributed by atoms with Crippen molar-refractivity contribution in [2.45, 2.75) is 11.1 Å². The molecular weight excluding hydrogens is 332 g/mol. The number of carbonyl (C=O) groups excluding carboxylic acids is 1. The van der Waals surface area contributed by atoms with Gasteiger partial charge in [0.05, 0.1) is 12.1 Å². The number of sulfonamides is 1. The van der Waals surface area contributed by atoms with E-state index in [1.807, 2.05) is 6.92 Å². The van der Waals surface area contributed by atoms with Gasteiger partial charge < -0.3 is 5.32 Å². The maximum atomic E-state index is 12.0. The Bertz CT molecular complexity index is 874. The summed E-state index contributed by atoms with van der Waals surface area (Å²) in [6.07, 6.45) is 0. The van der Waals surface area contributed by atoms with Crippen LogP contribution in [0.4, 0.5) is 0 Å². The summed E-state index contributed by atoms with van der Waals surface area (Å²) in [5, 5.41) is 2.54. The van der Waals surface area contributed by atoms with E-state index < -0.39 is 10.0 Å². The van der Waals surface area contributed by atoms with E-state index in [4.69, 9.17) is 0 Å². The molecule has 0 fully saturated rings. The number of rotatable bonds is 4. The first-order valence-electron chi connectivity index (χ1n) is 6.80. The van der Waals surface area contributed by atoms with Gasteiger partial charge in [0, 0.05) is 17.5 Å². The van der Waals surface area contributed by atoms with Gasteiger partial charge in [-0.3, -0.25) is 4.79 Å². The van der Waals surface area contributed by atoms with Crippen molar-refractivity contribution in [3.8, 4) is 11.8 Å². The zero-order valence-corrected chi connectivity index (χ0v) is 14.3. The molecule has 1 amide bonds. The molecule has 2 rings (SSSR count). The molecule has 0 aliphatic rings. The van der Waals surface area contributed by atoms with Crippen LogP contribution < -0.4 is 10.0 Å². The van der Waals surface area contributed by atoms with Crippen LogP contribution in [0.1, 0.15) is 20.8 Å². The molecule has 0 aliphatic carbocycles. The highest BCUT2D eigenvalue weighted by Gasteiger charge is 2.14. The van der Waals surface area contributed by atoms with Crippen molar-refractivity contribution in [1.29, 1.82) is 0 Å². The van der Waals surface area contributed by atoms with E-state index in [0.29, 0.717) is 11.1 Å². The van der Waals surface area contributed by atoms with Crippen molar-refractivity contribution in [3.63, 3.8) is 0 Å². The Labute approximate surface area is 139 Å². The van der Waals surface area contributed by atoms with Crippen LogP contribution in [0.25, 0.3) is 0 Å². The lowest BCUT2D eigenvalue weighted by Gasteiger charge is -2.02. The fourth-order valence-corrected chi connectivity index (χ4v) is 4.07. The summed E-state index contributed by atoms with van der Waals surface area (Å²) in [4.78, 5) is 12.7. The van der Waals surface area contributed by atoms with Gasteiger partial charge in [0.25, 0.3) is 15.9 Å². The molecule has 0 spiro atoms. The van der Waals surface area contributed by atoms with Crippen molar-refractivity contribution >= 4 is 27.3 Å². The van der Waals surface area contributed by atoms with E-state index in [1.54, 1.807) is 43.4 Å². The number of nitrogens with one attached hydrogen (secondary N) is 2. The van der Waals surface area contributed by atoms with E-state index in [1.165, 1.54) is 11.3 Å². The molecule has 2 N–H and O–H groups in total. The average Bonchev–Trinajstić information content (AvgIpc) is 2.98. The van der Waals surface area contributed by atoms with Gasteiger partial charge in [0.2, 0.25) is 0 Å². The second-order valence-corrected chi connectivity index (χ2v) is 7.90. The maximum Gasteiger partial charge on any atom is 0.252 e. The summed E-state index contributed by atoms with van der Waals surface area (Å²) in [6.45, 7) is 1.82. The van der Waals surface area contributed by atoms with E-state index >= 15 is 0 Å². The highest BCUT2D eigenvalue weighted by molar-refractivity contribution is 7.91. The zero-order chi connectivity index (χ0) is 16.9. The van der Waals surface area contributed by atoms with E-state index in [0.717, 1.165) is 4.88 Å². The van der Waals surface area contributed by atoms with E-state index in [9.17, 15) is 13.2 Å². The standard InChI is InChI=1S/C16H16N2O3S2/c1-12-9-10-15(22-12)23(20,21)18-11-5-7-13-6-3-4-8-14(13)16(19)17-2/h3-4,6,8-10,18H,11H2,1-2H3,(H,17,19). The summed E-state index contributed by atoms with van der Waals surface area (Å²) >= 11 is 1.21. The summed E-state index contributed by atoms with van der Waals surface area (Å²) in [7, 11) is -1.99. The molecule has 0 radical (unpaired) electrons. The smallest absolute Gasteiger partial charge is 0.252 e. The second kappa shape index (κ2) is 7.42. The molecule has 0 saturated heterocycles. The number of thiophene rings is 1. The number of aryl methyl sites for hydroxylation is 1. The monoisotopic (exact) mass is 348 g/mol. The fourth-order valence-electron chi connectivity index (χ4n) is 1.82. The third kappa shape index (κ3) is 4.42. The molecule has 5 nitrogen and oxygen atoms in total. The van der Waals surface area contributed by atoms with Gasteiger partial charge in [-0.05, 0) is 31.2 Å². The molecule has 120 valence electrons. The Morgan fingerprint density at radius 1 is 1.22 bits per heavy atom. The normalized spacial score (nSPS) is 10.7. The third-order valence-corrected chi connectivity index (χ3v) is 5.85. The van der Waals surface area contributed by atoms with Crippen LogP contribution in [0.2, 0.25) is 0 Å². The zero-order valence-electron chi connectivity index (χ0n) is 12.7. The first-order valence-corrected chi connectivity index (χ1v) is 9.10. The van der Waals surface area contributed by atoms with E-state index in [-0.39, 0.29) is 16.7 Å². The van der Waals surface area contributed by atoms with Crippen molar-refractivity contribution < 1.29 is 13.2 Å². The summed E-state index contributed by atoms with van der Waals surface area (Å²) in [5.74, 6) is 5.33. The number of amides is 1. The predicted molar refractivity (Wildman–Crippen MR) is 91.0 cm³/mol. The van der Waals surface area contributed by atoms with Crippen LogP contribution in [0.15, 0.2) is 40.6 Å². The summed E-state index contributed by atoms with van der Waals surface area (Å²) < 4.78 is 26.8. The molecule has 7 heteroatoms. The van der Waals surface area contributed by atoms with Crippen molar-refractivity contribution in [2.24, 2.45) is 0 Å². The van der Waals surface area contributed by atoms with E-state index in [2.05, 4.69) is 21.9 Å². The lowest BCUT2D eigenvalue weighted by atomic mass is 10.1. The molecule has 2 aromatic rings. The van der Waals surface area contributed by atoms with Crippen LogP contribution in [-0.2, 0) is 10.0 Å². The lowest BCUT2D eigenvalue weighted by molar-refractivity contribution is 0.0963. The molecule has 0 bridgehead atoms. The minimum Gasteiger partial charge on any atom is -0.355 e. The van der Waals surface area contributed by atoms with Gasteiger partial charge in [0.1, 0.15) is 4.21 Å². The summed E-state index contributed by atoms with van der Waals surface area (Å²) in [5.41, 5.74) is 1.01. The van der Waals surface area contributed by atoms with Crippen LogP contribution in [0.3, 0.4) is 0 Å². The Kier molecular flexibility index (Phi) is 5.55. The highest BCUT2D eigenvalue weighted by atomic mass is 32.2. The third-order valence-electron chi connectivity index (χ3n) is 2.95. The first kappa shape index (κ1) is 17.2. The van der Waals surface area contributed by atoms with Gasteiger partial charge in [-0.25, -0.2) is 8.42 Å². The summed E-state index contributed by atoms with van der Waals surface area (Å²) in [6, 6.07) is 10.2. The van der Waals surface area contributed by atoms with Crippen LogP contribution in [0.5, 0.6) is 0 Å². The molecule has 1 aromatic heterocycles. The lowest BCUT2D eigenvalue weighted by Crippen LogP contribution is -2.23. The van der Waals surface area contributed by atoms with Crippen molar-refractivity contribution in [1.82, 2.24) is 10.0 Å². The van der Waals surface area contributed by atoms with Crippen molar-refractivity contribution in [3.05, 3.63) is 52.4 Å². The molecule has 0 saturated carbocycles. The van der Waals surface area contributed by atoms with Gasteiger partial charge >= 0.3 is 0 Å². The quantitative estimate of drug-likeness (QED) is 0.827. The average molecular weight is 348 g/mol. The SMILES string of the molecule is CNC(=O)c1ccccc1C#CCNS(=O)(=O)c1ccc(C)s1. The van der Waals surface area contributed by atoms with Crippen LogP contribution in [-0.4, -0.2) is 27.9 Å². The molecule has 0 atom stereocenters. The first-order chi connectivity index (χ1) is 10.9.